The fourth-order valence-electron chi connectivity index (χ4n) is 2.35. The summed E-state index contributed by atoms with van der Waals surface area (Å²) in [6, 6.07) is 15.3. The lowest BCUT2D eigenvalue weighted by Gasteiger charge is -2.07. The molecule has 0 atom stereocenters. The van der Waals surface area contributed by atoms with Crippen molar-refractivity contribution in [3.8, 4) is 0 Å². The SMILES string of the molecule is CCc1ccc(NC(=O)c2cnc(NCc3ccc(Cl)cc3)nc2)cc1. The van der Waals surface area contributed by atoms with Gasteiger partial charge >= 0.3 is 0 Å². The Kier molecular flexibility index (Phi) is 5.81. The van der Waals surface area contributed by atoms with E-state index < -0.39 is 0 Å². The molecule has 0 saturated heterocycles. The van der Waals surface area contributed by atoms with Crippen molar-refractivity contribution in [3.63, 3.8) is 0 Å². The molecule has 0 radical (unpaired) electrons. The molecule has 0 spiro atoms. The lowest BCUT2D eigenvalue weighted by Crippen LogP contribution is -2.13. The van der Waals surface area contributed by atoms with Crippen molar-refractivity contribution in [2.45, 2.75) is 19.9 Å². The van der Waals surface area contributed by atoms with E-state index in [1.54, 1.807) is 0 Å². The Balaban J connectivity index is 1.57. The van der Waals surface area contributed by atoms with Crippen LogP contribution in [0.1, 0.15) is 28.4 Å². The molecular weight excluding hydrogens is 348 g/mol. The molecule has 0 fully saturated rings. The number of carbonyl (C=O) groups excluding carboxylic acids is 1. The number of benzene rings is 2. The standard InChI is InChI=1S/C20H19ClN4O/c1-2-14-5-9-18(10-6-14)25-19(26)16-12-23-20(24-13-16)22-11-15-3-7-17(21)8-4-15/h3-10,12-13H,2,11H2,1H3,(H,25,26)(H,22,23,24). The first kappa shape index (κ1) is 17.9. The highest BCUT2D eigenvalue weighted by atomic mass is 35.5. The van der Waals surface area contributed by atoms with E-state index in [0.717, 1.165) is 17.7 Å². The molecule has 0 aliphatic carbocycles. The molecule has 26 heavy (non-hydrogen) atoms. The molecule has 2 aromatic carbocycles. The highest BCUT2D eigenvalue weighted by molar-refractivity contribution is 6.30. The van der Waals surface area contributed by atoms with Crippen LogP contribution in [0.4, 0.5) is 11.6 Å². The van der Waals surface area contributed by atoms with Gasteiger partial charge in [-0.25, -0.2) is 9.97 Å². The average Bonchev–Trinajstić information content (AvgIpc) is 2.68. The topological polar surface area (TPSA) is 66.9 Å². The smallest absolute Gasteiger partial charge is 0.258 e. The second kappa shape index (κ2) is 8.45. The summed E-state index contributed by atoms with van der Waals surface area (Å²) < 4.78 is 0. The van der Waals surface area contributed by atoms with Crippen molar-refractivity contribution in [2.75, 3.05) is 10.6 Å². The van der Waals surface area contributed by atoms with Crippen LogP contribution >= 0.6 is 11.6 Å². The molecule has 0 bridgehead atoms. The van der Waals surface area contributed by atoms with E-state index in [4.69, 9.17) is 11.6 Å². The number of aromatic nitrogens is 2. The highest BCUT2D eigenvalue weighted by Gasteiger charge is 2.08. The minimum Gasteiger partial charge on any atom is -0.350 e. The second-order valence-electron chi connectivity index (χ2n) is 5.78. The Labute approximate surface area is 157 Å². The predicted molar refractivity (Wildman–Crippen MR) is 105 cm³/mol. The molecule has 2 N–H and O–H groups in total. The third-order valence-electron chi connectivity index (χ3n) is 3.90. The van der Waals surface area contributed by atoms with Crippen molar-refractivity contribution in [3.05, 3.63) is 82.6 Å². The molecule has 3 aromatic rings. The van der Waals surface area contributed by atoms with Crippen LogP contribution in [0.25, 0.3) is 0 Å². The summed E-state index contributed by atoms with van der Waals surface area (Å²) in [6.45, 7) is 2.67. The van der Waals surface area contributed by atoms with Crippen molar-refractivity contribution >= 4 is 29.1 Å². The first-order valence-electron chi connectivity index (χ1n) is 8.34. The lowest BCUT2D eigenvalue weighted by molar-refractivity contribution is 0.102. The molecule has 3 rings (SSSR count). The number of carbonyl (C=O) groups is 1. The number of nitrogens with zero attached hydrogens (tertiary/aromatic N) is 2. The zero-order valence-corrected chi connectivity index (χ0v) is 15.1. The van der Waals surface area contributed by atoms with Crippen molar-refractivity contribution < 1.29 is 4.79 Å². The molecule has 1 aromatic heterocycles. The van der Waals surface area contributed by atoms with E-state index in [1.807, 2.05) is 48.5 Å². The number of hydrogen-bond acceptors (Lipinski definition) is 4. The monoisotopic (exact) mass is 366 g/mol. The van der Waals surface area contributed by atoms with E-state index in [0.29, 0.717) is 23.1 Å². The van der Waals surface area contributed by atoms with E-state index in [2.05, 4.69) is 27.5 Å². The Morgan fingerprint density at radius 2 is 1.58 bits per heavy atom. The minimum atomic E-state index is -0.238. The summed E-state index contributed by atoms with van der Waals surface area (Å²) in [6.07, 6.45) is 3.98. The molecule has 6 heteroatoms. The molecule has 132 valence electrons. The van der Waals surface area contributed by atoms with Crippen LogP contribution in [0.5, 0.6) is 0 Å². The quantitative estimate of drug-likeness (QED) is 0.671. The molecule has 1 amide bonds. The first-order chi connectivity index (χ1) is 12.6. The number of amides is 1. The van der Waals surface area contributed by atoms with Crippen LogP contribution in [-0.2, 0) is 13.0 Å². The van der Waals surface area contributed by atoms with Crippen molar-refractivity contribution in [1.29, 1.82) is 0 Å². The number of aryl methyl sites for hydroxylation is 1. The van der Waals surface area contributed by atoms with Gasteiger partial charge in [0.05, 0.1) is 5.56 Å². The molecule has 1 heterocycles. The van der Waals surface area contributed by atoms with Gasteiger partial charge in [0.1, 0.15) is 0 Å². The van der Waals surface area contributed by atoms with Gasteiger partial charge in [0.25, 0.3) is 5.91 Å². The number of hydrogen-bond donors (Lipinski definition) is 2. The van der Waals surface area contributed by atoms with E-state index >= 15 is 0 Å². The maximum Gasteiger partial charge on any atom is 0.258 e. The number of nitrogens with one attached hydrogen (secondary N) is 2. The summed E-state index contributed by atoms with van der Waals surface area (Å²) in [5.41, 5.74) is 3.44. The molecule has 0 aliphatic heterocycles. The third-order valence-corrected chi connectivity index (χ3v) is 4.15. The summed E-state index contributed by atoms with van der Waals surface area (Å²) in [7, 11) is 0. The third kappa shape index (κ3) is 4.80. The Morgan fingerprint density at radius 3 is 2.19 bits per heavy atom. The van der Waals surface area contributed by atoms with Gasteiger partial charge in [-0.15, -0.1) is 0 Å². The first-order valence-corrected chi connectivity index (χ1v) is 8.72. The Morgan fingerprint density at radius 1 is 0.962 bits per heavy atom. The molecule has 0 saturated carbocycles. The Bertz CT molecular complexity index is 862. The van der Waals surface area contributed by atoms with Gasteiger partial charge in [-0.05, 0) is 41.8 Å². The normalized spacial score (nSPS) is 10.4. The molecule has 0 unspecified atom stereocenters. The van der Waals surface area contributed by atoms with Gasteiger partial charge in [-0.2, -0.15) is 0 Å². The van der Waals surface area contributed by atoms with Gasteiger partial charge < -0.3 is 10.6 Å². The fraction of sp³-hybridized carbons (Fsp3) is 0.150. The maximum absolute atomic E-state index is 12.3. The minimum absolute atomic E-state index is 0.238. The summed E-state index contributed by atoms with van der Waals surface area (Å²) in [5, 5.41) is 6.65. The number of halogens is 1. The average molecular weight is 367 g/mol. The van der Waals surface area contributed by atoms with Gasteiger partial charge in [0, 0.05) is 29.6 Å². The van der Waals surface area contributed by atoms with E-state index in [9.17, 15) is 4.79 Å². The van der Waals surface area contributed by atoms with E-state index in [-0.39, 0.29) is 5.91 Å². The van der Waals surface area contributed by atoms with Gasteiger partial charge in [-0.3, -0.25) is 4.79 Å². The van der Waals surface area contributed by atoms with Crippen LogP contribution in [0.15, 0.2) is 60.9 Å². The molecule has 5 nitrogen and oxygen atoms in total. The largest absolute Gasteiger partial charge is 0.350 e. The summed E-state index contributed by atoms with van der Waals surface area (Å²) in [4.78, 5) is 20.7. The molecule has 0 aliphatic rings. The summed E-state index contributed by atoms with van der Waals surface area (Å²) >= 11 is 5.87. The van der Waals surface area contributed by atoms with Crippen LogP contribution in [0, 0.1) is 0 Å². The number of anilines is 2. The van der Waals surface area contributed by atoms with Gasteiger partial charge in [-0.1, -0.05) is 42.8 Å². The number of rotatable bonds is 6. The maximum atomic E-state index is 12.3. The van der Waals surface area contributed by atoms with Crippen molar-refractivity contribution in [2.24, 2.45) is 0 Å². The van der Waals surface area contributed by atoms with Gasteiger partial charge in [0.15, 0.2) is 0 Å². The van der Waals surface area contributed by atoms with Crippen LogP contribution in [0.2, 0.25) is 5.02 Å². The zero-order chi connectivity index (χ0) is 18.4. The van der Waals surface area contributed by atoms with Crippen LogP contribution in [0.3, 0.4) is 0 Å². The predicted octanol–water partition coefficient (Wildman–Crippen LogP) is 4.56. The fourth-order valence-corrected chi connectivity index (χ4v) is 2.47. The summed E-state index contributed by atoms with van der Waals surface area (Å²) in [5.74, 6) is 0.224. The lowest BCUT2D eigenvalue weighted by atomic mass is 10.1. The van der Waals surface area contributed by atoms with Crippen molar-refractivity contribution in [1.82, 2.24) is 9.97 Å². The Hall–Kier alpha value is -2.92. The van der Waals surface area contributed by atoms with Crippen LogP contribution in [-0.4, -0.2) is 15.9 Å². The van der Waals surface area contributed by atoms with Crippen LogP contribution < -0.4 is 10.6 Å². The highest BCUT2D eigenvalue weighted by Crippen LogP contribution is 2.13. The zero-order valence-electron chi connectivity index (χ0n) is 14.4. The van der Waals surface area contributed by atoms with E-state index in [1.165, 1.54) is 18.0 Å². The molecular formula is C20H19ClN4O. The van der Waals surface area contributed by atoms with Gasteiger partial charge in [0.2, 0.25) is 5.95 Å². The second-order valence-corrected chi connectivity index (χ2v) is 6.22.